The Bertz CT molecular complexity index is 1430. The quantitative estimate of drug-likeness (QED) is 0.0589. The minimum Gasteiger partial charge on any atom is -0.350 e. The Hall–Kier alpha value is -4.69. The third-order valence-electron chi connectivity index (χ3n) is 7.93. The van der Waals surface area contributed by atoms with Crippen LogP contribution < -0.4 is 43.8 Å². The normalized spacial score (nSPS) is 13.5. The Morgan fingerprint density at radius 1 is 0.633 bits per heavy atom. The van der Waals surface area contributed by atoms with Crippen molar-refractivity contribution in [3.8, 4) is 0 Å². The number of amides is 4. The van der Waals surface area contributed by atoms with Crippen molar-refractivity contribution < 1.29 is 19.2 Å². The molecule has 3 aromatic rings. The van der Waals surface area contributed by atoms with Gasteiger partial charge >= 0.3 is 0 Å². The molecule has 0 radical (unpaired) electrons. The fourth-order valence-corrected chi connectivity index (χ4v) is 5.18. The van der Waals surface area contributed by atoms with Gasteiger partial charge in [-0.15, -0.1) is 0 Å². The van der Waals surface area contributed by atoms with Crippen molar-refractivity contribution in [3.05, 3.63) is 102 Å². The summed E-state index contributed by atoms with van der Waals surface area (Å²) in [4.78, 5) is 58.1. The van der Waals surface area contributed by atoms with Crippen molar-refractivity contribution in [1.29, 1.82) is 0 Å². The molecule has 1 heterocycles. The molecule has 4 amide bonds. The van der Waals surface area contributed by atoms with Crippen molar-refractivity contribution in [2.45, 2.75) is 88.9 Å². The van der Waals surface area contributed by atoms with Crippen LogP contribution in [0.2, 0.25) is 0 Å². The van der Waals surface area contributed by atoms with Gasteiger partial charge in [0, 0.05) is 25.4 Å². The van der Waals surface area contributed by atoms with Gasteiger partial charge in [0.05, 0.1) is 6.04 Å². The largest absolute Gasteiger partial charge is 0.350 e. The molecule has 49 heavy (non-hydrogen) atoms. The van der Waals surface area contributed by atoms with Gasteiger partial charge in [-0.25, -0.2) is 0 Å². The molecule has 0 unspecified atom stereocenters. The number of unbranched alkanes of at least 4 members (excludes halogenated alkanes) is 1. The van der Waals surface area contributed by atoms with Crippen molar-refractivity contribution in [2.75, 3.05) is 6.54 Å². The monoisotopic (exact) mass is 673 g/mol. The van der Waals surface area contributed by atoms with E-state index in [-0.39, 0.29) is 18.9 Å². The second-order valence-electron chi connectivity index (χ2n) is 12.0. The number of aromatic nitrogens is 1. The lowest BCUT2D eigenvalue weighted by Crippen LogP contribution is -2.58. The van der Waals surface area contributed by atoms with E-state index in [9.17, 15) is 19.2 Å². The minimum absolute atomic E-state index is 0.189. The van der Waals surface area contributed by atoms with Crippen LogP contribution in [-0.4, -0.2) is 65.6 Å². The lowest BCUT2D eigenvalue weighted by molar-refractivity contribution is -0.134. The van der Waals surface area contributed by atoms with Gasteiger partial charge in [-0.3, -0.25) is 29.5 Å². The van der Waals surface area contributed by atoms with Gasteiger partial charge in [0.15, 0.2) is 0 Å². The van der Waals surface area contributed by atoms with Crippen LogP contribution in [0.15, 0.2) is 85.2 Å². The summed E-state index contributed by atoms with van der Waals surface area (Å²) in [5, 5.41) is 14.3. The summed E-state index contributed by atoms with van der Waals surface area (Å²) in [5.74, 6) is -1.88. The zero-order valence-electron chi connectivity index (χ0n) is 28.1. The first-order valence-corrected chi connectivity index (χ1v) is 16.8. The summed E-state index contributed by atoms with van der Waals surface area (Å²) >= 11 is 0. The first-order chi connectivity index (χ1) is 23.7. The van der Waals surface area contributed by atoms with Gasteiger partial charge in [-0.2, -0.15) is 0 Å². The van der Waals surface area contributed by atoms with Crippen LogP contribution in [-0.2, 0) is 38.6 Å². The van der Waals surface area contributed by atoms with Gasteiger partial charge in [-0.1, -0.05) is 80.4 Å². The Kier molecular flexibility index (Phi) is 16.9. The predicted molar refractivity (Wildman–Crippen MR) is 189 cm³/mol. The zero-order chi connectivity index (χ0) is 35.4. The Labute approximate surface area is 288 Å². The summed E-state index contributed by atoms with van der Waals surface area (Å²) in [7, 11) is 0. The van der Waals surface area contributed by atoms with E-state index in [0.29, 0.717) is 38.6 Å². The summed E-state index contributed by atoms with van der Waals surface area (Å²) < 4.78 is 0. The summed E-state index contributed by atoms with van der Waals surface area (Å²) in [5.41, 5.74) is 20.0. The molecule has 264 valence electrons. The highest BCUT2D eigenvalue weighted by molar-refractivity contribution is 5.95. The fraction of sp³-hybridized carbons (Fsp3) is 0.417. The van der Waals surface area contributed by atoms with E-state index in [4.69, 9.17) is 17.2 Å². The van der Waals surface area contributed by atoms with Crippen LogP contribution >= 0.6 is 0 Å². The van der Waals surface area contributed by atoms with E-state index in [0.717, 1.165) is 23.1 Å². The lowest BCUT2D eigenvalue weighted by atomic mass is 10.0. The highest BCUT2D eigenvalue weighted by Crippen LogP contribution is 2.09. The number of hydrogen-bond acceptors (Lipinski definition) is 9. The molecule has 11 N–H and O–H groups in total. The number of carbonyl (C=O) groups is 4. The van der Waals surface area contributed by atoms with E-state index in [1.807, 2.05) is 67.6 Å². The molecule has 2 aromatic carbocycles. The molecular weight excluding hydrogens is 622 g/mol. The SMILES string of the molecule is CCCC[C@@H](NC(=O)[C@@H](Cc1ccccc1)NC(=O)[C@H](N)Cc1ccccc1)C(=O)N[C@H](CCCNC(N)N)C(=O)NCc1ccncc1. The summed E-state index contributed by atoms with van der Waals surface area (Å²) in [6.07, 6.45) is 5.60. The highest BCUT2D eigenvalue weighted by Gasteiger charge is 2.30. The lowest BCUT2D eigenvalue weighted by Gasteiger charge is -2.26. The van der Waals surface area contributed by atoms with Gasteiger partial charge in [0.2, 0.25) is 23.6 Å². The number of nitrogens with zero attached hydrogens (tertiary/aromatic N) is 1. The van der Waals surface area contributed by atoms with Gasteiger partial charge in [-0.05, 0) is 61.1 Å². The average molecular weight is 674 g/mol. The molecule has 0 saturated carbocycles. The number of nitrogens with two attached hydrogens (primary N) is 3. The third kappa shape index (κ3) is 14.5. The zero-order valence-corrected chi connectivity index (χ0v) is 28.1. The standard InChI is InChI=1S/C36H51N9O4/c1-2-3-15-30(34(48)43-29(16-10-19-41-36(38)39)33(47)42-24-27-17-20-40-21-18-27)44-35(49)31(23-26-13-8-5-9-14-26)45-32(46)28(37)22-25-11-6-4-7-12-25/h4-9,11-14,17-18,20-21,28-31,36,41H,2-3,10,15-16,19,22-24,37-39H2,1H3,(H,42,47)(H,43,48)(H,44,49)(H,45,46)/t28-,29-,30-,31-/m1/s1. The molecule has 0 fully saturated rings. The van der Waals surface area contributed by atoms with Crippen LogP contribution in [0.5, 0.6) is 0 Å². The van der Waals surface area contributed by atoms with E-state index in [2.05, 4.69) is 31.6 Å². The predicted octanol–water partition coefficient (Wildman–Crippen LogP) is 0.726. The van der Waals surface area contributed by atoms with Crippen molar-refractivity contribution >= 4 is 23.6 Å². The Morgan fingerprint density at radius 3 is 1.76 bits per heavy atom. The second kappa shape index (κ2) is 21.3. The first-order valence-electron chi connectivity index (χ1n) is 16.8. The Morgan fingerprint density at radius 2 is 1.16 bits per heavy atom. The molecular formula is C36H51N9O4. The molecule has 0 aliphatic heterocycles. The maximum absolute atomic E-state index is 13.8. The number of benzene rings is 2. The maximum atomic E-state index is 13.8. The van der Waals surface area contributed by atoms with Crippen LogP contribution in [0.4, 0.5) is 0 Å². The van der Waals surface area contributed by atoms with E-state index < -0.39 is 48.2 Å². The molecule has 3 rings (SSSR count). The number of pyridine rings is 1. The minimum atomic E-state index is -1.00. The summed E-state index contributed by atoms with van der Waals surface area (Å²) in [6, 6.07) is 18.5. The van der Waals surface area contributed by atoms with E-state index in [1.54, 1.807) is 24.5 Å². The maximum Gasteiger partial charge on any atom is 0.243 e. The van der Waals surface area contributed by atoms with Crippen molar-refractivity contribution in [2.24, 2.45) is 17.2 Å². The molecule has 4 atom stereocenters. The molecule has 0 aliphatic carbocycles. The van der Waals surface area contributed by atoms with Gasteiger partial charge < -0.3 is 38.5 Å². The fourth-order valence-electron chi connectivity index (χ4n) is 5.18. The van der Waals surface area contributed by atoms with Gasteiger partial charge in [0.1, 0.15) is 24.4 Å². The Balaban J connectivity index is 1.74. The van der Waals surface area contributed by atoms with E-state index >= 15 is 0 Å². The molecule has 0 aliphatic rings. The molecule has 0 saturated heterocycles. The van der Waals surface area contributed by atoms with E-state index in [1.165, 1.54) is 0 Å². The topological polar surface area (TPSA) is 219 Å². The first kappa shape index (κ1) is 38.8. The number of hydrogen-bond donors (Lipinski definition) is 8. The third-order valence-corrected chi connectivity index (χ3v) is 7.93. The highest BCUT2D eigenvalue weighted by atomic mass is 16.2. The van der Waals surface area contributed by atoms with Crippen LogP contribution in [0.1, 0.15) is 55.7 Å². The number of rotatable bonds is 21. The summed E-state index contributed by atoms with van der Waals surface area (Å²) in [6.45, 7) is 2.67. The average Bonchev–Trinajstić information content (AvgIpc) is 3.10. The molecule has 0 spiro atoms. The van der Waals surface area contributed by atoms with Crippen molar-refractivity contribution in [1.82, 2.24) is 31.6 Å². The second-order valence-corrected chi connectivity index (χ2v) is 12.0. The number of carbonyl (C=O) groups excluding carboxylic acids is 4. The van der Waals surface area contributed by atoms with Crippen LogP contribution in [0.25, 0.3) is 0 Å². The molecule has 13 nitrogen and oxygen atoms in total. The molecule has 13 heteroatoms. The number of nitrogens with one attached hydrogen (secondary N) is 5. The molecule has 0 bridgehead atoms. The van der Waals surface area contributed by atoms with Crippen LogP contribution in [0, 0.1) is 0 Å². The smallest absolute Gasteiger partial charge is 0.243 e. The van der Waals surface area contributed by atoms with Crippen LogP contribution in [0.3, 0.4) is 0 Å². The van der Waals surface area contributed by atoms with Gasteiger partial charge in [0.25, 0.3) is 0 Å². The molecule has 1 aromatic heterocycles. The van der Waals surface area contributed by atoms with Crippen molar-refractivity contribution in [3.63, 3.8) is 0 Å².